The smallest absolute Gasteiger partial charge is 0.243 e. The molecule has 286 valence electrons. The van der Waals surface area contributed by atoms with Crippen molar-refractivity contribution in [2.24, 2.45) is 0 Å². The number of aliphatic hydroxyl groups excluding tert-OH is 1. The van der Waals surface area contributed by atoms with Crippen molar-refractivity contribution in [3.8, 4) is 11.1 Å². The number of nitrogens with zero attached hydrogens (tertiary/aromatic N) is 1. The van der Waals surface area contributed by atoms with Gasteiger partial charge in [-0.25, -0.2) is 5.48 Å². The molecule has 1 aliphatic heterocycles. The molecule has 6 rings (SSSR count). The molecule has 0 radical (unpaired) electrons. The highest BCUT2D eigenvalue weighted by Gasteiger charge is 2.33. The molecule has 1 heterocycles. The number of rotatable bonds is 18. The quantitative estimate of drug-likeness (QED) is 0.0407. The minimum absolute atomic E-state index is 0.00545. The molecule has 55 heavy (non-hydrogen) atoms. The summed E-state index contributed by atoms with van der Waals surface area (Å²) in [5.41, 5.74) is 10.1. The summed E-state index contributed by atoms with van der Waals surface area (Å²) >= 11 is 0. The van der Waals surface area contributed by atoms with Gasteiger partial charge in [-0.15, -0.1) is 0 Å². The number of hydrogen-bond acceptors (Lipinski definition) is 7. The molecule has 0 aromatic heterocycles. The number of ether oxygens (including phenoxy) is 2. The number of carbonyl (C=O) groups is 2. The molecule has 1 aliphatic rings. The van der Waals surface area contributed by atoms with Gasteiger partial charge in [-0.1, -0.05) is 134 Å². The Morgan fingerprint density at radius 3 is 1.89 bits per heavy atom. The molecule has 0 aliphatic carbocycles. The average Bonchev–Trinajstić information content (AvgIpc) is 3.23. The molecule has 0 unspecified atom stereocenters. The van der Waals surface area contributed by atoms with Gasteiger partial charge in [0.05, 0.1) is 18.8 Å². The van der Waals surface area contributed by atoms with Crippen LogP contribution in [0.4, 0.5) is 0 Å². The summed E-state index contributed by atoms with van der Waals surface area (Å²) in [6.45, 7) is 2.73. The first-order valence-electron chi connectivity index (χ1n) is 19.2. The van der Waals surface area contributed by atoms with Gasteiger partial charge in [-0.2, -0.15) is 0 Å². The van der Waals surface area contributed by atoms with E-state index in [1.54, 1.807) is 5.48 Å². The van der Waals surface area contributed by atoms with Gasteiger partial charge < -0.3 is 19.9 Å². The largest absolute Gasteiger partial charge is 0.392 e. The Morgan fingerprint density at radius 1 is 0.636 bits per heavy atom. The molecule has 5 aromatic carbocycles. The van der Waals surface area contributed by atoms with E-state index < -0.39 is 12.2 Å². The van der Waals surface area contributed by atoms with E-state index >= 15 is 0 Å². The highest BCUT2D eigenvalue weighted by molar-refractivity contribution is 5.76. The molecule has 9 heteroatoms. The van der Waals surface area contributed by atoms with Crippen LogP contribution in [0, 0.1) is 0 Å². The minimum atomic E-state index is -0.570. The number of carbonyl (C=O) groups excluding carboxylic acids is 2. The number of hydroxylamine groups is 1. The van der Waals surface area contributed by atoms with Crippen molar-refractivity contribution in [2.75, 3.05) is 6.54 Å². The van der Waals surface area contributed by atoms with Gasteiger partial charge in [-0.05, 0) is 57.9 Å². The molecular formula is C46H51N3O6. The Kier molecular flexibility index (Phi) is 14.7. The molecule has 1 saturated heterocycles. The molecule has 4 N–H and O–H groups in total. The SMILES string of the molecule is O=C(CCCCCC(=O)NCc1cccc(-c2ccc([C@H]3O[C@@H](CN(Cc4ccccc4)Cc4ccccc4)C[C@@H](c4ccc(CO)cc4)O3)cc2)c1)NO. The second-order valence-corrected chi connectivity index (χ2v) is 14.2. The predicted molar refractivity (Wildman–Crippen MR) is 212 cm³/mol. The lowest BCUT2D eigenvalue weighted by Crippen LogP contribution is -2.39. The van der Waals surface area contributed by atoms with E-state index in [1.807, 2.05) is 48.5 Å². The van der Waals surface area contributed by atoms with Crippen LogP contribution in [0.5, 0.6) is 0 Å². The van der Waals surface area contributed by atoms with E-state index in [0.29, 0.717) is 32.2 Å². The summed E-state index contributed by atoms with van der Waals surface area (Å²) in [4.78, 5) is 26.0. The predicted octanol–water partition coefficient (Wildman–Crippen LogP) is 8.17. The van der Waals surface area contributed by atoms with Gasteiger partial charge in [0.1, 0.15) is 0 Å². The van der Waals surface area contributed by atoms with Crippen molar-refractivity contribution in [1.82, 2.24) is 15.7 Å². The zero-order valence-corrected chi connectivity index (χ0v) is 31.2. The van der Waals surface area contributed by atoms with Gasteiger partial charge in [0.25, 0.3) is 0 Å². The van der Waals surface area contributed by atoms with Crippen LogP contribution in [0.2, 0.25) is 0 Å². The van der Waals surface area contributed by atoms with Crippen LogP contribution >= 0.6 is 0 Å². The third kappa shape index (κ3) is 12.2. The Hall–Kier alpha value is -5.16. The Morgan fingerprint density at radius 2 is 1.25 bits per heavy atom. The lowest BCUT2D eigenvalue weighted by Gasteiger charge is -2.38. The number of unbranched alkanes of at least 4 members (excludes halogenated alkanes) is 2. The molecule has 0 bridgehead atoms. The monoisotopic (exact) mass is 741 g/mol. The zero-order chi connectivity index (χ0) is 38.2. The van der Waals surface area contributed by atoms with E-state index in [9.17, 15) is 14.7 Å². The van der Waals surface area contributed by atoms with Crippen molar-refractivity contribution >= 4 is 11.8 Å². The number of hydrogen-bond donors (Lipinski definition) is 4. The average molecular weight is 742 g/mol. The van der Waals surface area contributed by atoms with Crippen molar-refractivity contribution < 1.29 is 29.4 Å². The fourth-order valence-electron chi connectivity index (χ4n) is 6.98. The third-order valence-corrected chi connectivity index (χ3v) is 9.94. The van der Waals surface area contributed by atoms with E-state index in [1.165, 1.54) is 11.1 Å². The number of nitrogens with one attached hydrogen (secondary N) is 2. The maximum atomic E-state index is 12.4. The zero-order valence-electron chi connectivity index (χ0n) is 31.2. The third-order valence-electron chi connectivity index (χ3n) is 9.94. The molecule has 5 aromatic rings. The topological polar surface area (TPSA) is 120 Å². The van der Waals surface area contributed by atoms with E-state index in [2.05, 4.69) is 95.1 Å². The molecule has 0 saturated carbocycles. The fraction of sp³-hybridized carbons (Fsp3) is 0.304. The van der Waals surface area contributed by atoms with Crippen LogP contribution in [0.3, 0.4) is 0 Å². The van der Waals surface area contributed by atoms with Gasteiger partial charge >= 0.3 is 0 Å². The molecule has 3 atom stereocenters. The minimum Gasteiger partial charge on any atom is -0.392 e. The summed E-state index contributed by atoms with van der Waals surface area (Å²) in [7, 11) is 0. The van der Waals surface area contributed by atoms with Crippen LogP contribution in [-0.4, -0.2) is 39.7 Å². The first-order valence-corrected chi connectivity index (χ1v) is 19.2. The maximum absolute atomic E-state index is 12.4. The molecular weight excluding hydrogens is 691 g/mol. The summed E-state index contributed by atoms with van der Waals surface area (Å²) in [5, 5.41) is 21.3. The summed E-state index contributed by atoms with van der Waals surface area (Å²) in [6, 6.07) is 45.5. The van der Waals surface area contributed by atoms with Crippen molar-refractivity contribution in [3.63, 3.8) is 0 Å². The van der Waals surface area contributed by atoms with Gasteiger partial charge in [0.15, 0.2) is 6.29 Å². The first-order chi connectivity index (χ1) is 26.9. The molecule has 1 fully saturated rings. The van der Waals surface area contributed by atoms with Crippen molar-refractivity contribution in [2.45, 2.75) is 83.3 Å². The standard InChI is InChI=1S/C46H51N3O6/c50-33-36-19-21-39(22-20-36)43-28-42(32-49(30-34-11-4-1-5-12-34)31-35-13-6-2-7-14-35)54-46(55-43)40-25-23-38(24-26-40)41-16-10-15-37(27-41)29-47-44(51)17-8-3-9-18-45(52)48-53/h1-2,4-7,10-16,19-27,42-43,46,50,53H,3,8-9,17-18,28-33H2,(H,47,51)(H,48,52)/t42-,43+,46+/m1/s1. The van der Waals surface area contributed by atoms with Gasteiger partial charge in [0.2, 0.25) is 11.8 Å². The molecule has 9 nitrogen and oxygen atoms in total. The van der Waals surface area contributed by atoms with E-state index in [-0.39, 0.29) is 31.1 Å². The lowest BCUT2D eigenvalue weighted by molar-refractivity contribution is -0.253. The van der Waals surface area contributed by atoms with Crippen LogP contribution < -0.4 is 10.8 Å². The van der Waals surface area contributed by atoms with E-state index in [4.69, 9.17) is 14.7 Å². The van der Waals surface area contributed by atoms with Gasteiger partial charge in [0, 0.05) is 51.0 Å². The van der Waals surface area contributed by atoms with Crippen molar-refractivity contribution in [1.29, 1.82) is 0 Å². The second-order valence-electron chi connectivity index (χ2n) is 14.2. The molecule has 2 amide bonds. The fourth-order valence-corrected chi connectivity index (χ4v) is 6.98. The summed E-state index contributed by atoms with van der Waals surface area (Å²) in [6.07, 6.45) is 2.52. The first kappa shape index (κ1) is 39.5. The number of amides is 2. The highest BCUT2D eigenvalue weighted by atomic mass is 16.7. The maximum Gasteiger partial charge on any atom is 0.243 e. The van der Waals surface area contributed by atoms with Crippen LogP contribution in [0.15, 0.2) is 133 Å². The number of aliphatic hydroxyl groups is 1. The van der Waals surface area contributed by atoms with Crippen LogP contribution in [0.25, 0.3) is 11.1 Å². The van der Waals surface area contributed by atoms with Crippen LogP contribution in [-0.2, 0) is 45.3 Å². The van der Waals surface area contributed by atoms with E-state index in [0.717, 1.165) is 59.4 Å². The molecule has 0 spiro atoms. The summed E-state index contributed by atoms with van der Waals surface area (Å²) < 4.78 is 13.5. The van der Waals surface area contributed by atoms with Gasteiger partial charge in [-0.3, -0.25) is 19.7 Å². The Bertz CT molecular complexity index is 1880. The number of benzene rings is 5. The van der Waals surface area contributed by atoms with Crippen LogP contribution in [0.1, 0.15) is 84.3 Å². The lowest BCUT2D eigenvalue weighted by atomic mass is 9.98. The Labute approximate surface area is 323 Å². The highest BCUT2D eigenvalue weighted by Crippen LogP contribution is 2.39. The van der Waals surface area contributed by atoms with Crippen molar-refractivity contribution in [3.05, 3.63) is 167 Å². The Balaban J connectivity index is 1.13. The second kappa shape index (κ2) is 20.5. The summed E-state index contributed by atoms with van der Waals surface area (Å²) in [5.74, 6) is -0.437. The normalized spacial score (nSPS) is 16.8.